The molecule has 0 radical (unpaired) electrons. The van der Waals surface area contributed by atoms with E-state index in [9.17, 15) is 9.59 Å². The summed E-state index contributed by atoms with van der Waals surface area (Å²) in [5.74, 6) is -0.511. The van der Waals surface area contributed by atoms with Gasteiger partial charge in [0, 0.05) is 37.1 Å². The number of amides is 2. The summed E-state index contributed by atoms with van der Waals surface area (Å²) >= 11 is 0. The maximum atomic E-state index is 12.3. The molecule has 27 heavy (non-hydrogen) atoms. The van der Waals surface area contributed by atoms with E-state index in [0.29, 0.717) is 16.9 Å². The Hall–Kier alpha value is -3.33. The summed E-state index contributed by atoms with van der Waals surface area (Å²) in [6.07, 6.45) is 0. The molecular weight excluding hydrogens is 340 g/mol. The molecule has 6 nitrogen and oxygen atoms in total. The van der Waals surface area contributed by atoms with Crippen molar-refractivity contribution < 1.29 is 9.59 Å². The second kappa shape index (κ2) is 9.39. The van der Waals surface area contributed by atoms with Crippen molar-refractivity contribution in [3.63, 3.8) is 0 Å². The van der Waals surface area contributed by atoms with Gasteiger partial charge in [-0.15, -0.1) is 0 Å². The van der Waals surface area contributed by atoms with E-state index in [0.717, 1.165) is 18.8 Å². The summed E-state index contributed by atoms with van der Waals surface area (Å²) in [4.78, 5) is 28.0. The first-order valence-corrected chi connectivity index (χ1v) is 8.91. The van der Waals surface area contributed by atoms with Crippen LogP contribution in [0.5, 0.6) is 0 Å². The largest absolute Gasteiger partial charge is 0.372 e. The van der Waals surface area contributed by atoms with Crippen LogP contribution in [-0.4, -0.2) is 31.4 Å². The van der Waals surface area contributed by atoms with Gasteiger partial charge >= 0.3 is 0 Å². The minimum atomic E-state index is -0.303. The van der Waals surface area contributed by atoms with Crippen LogP contribution in [0, 0.1) is 11.3 Å². The number of hydrogen-bond donors (Lipinski definition) is 1. The van der Waals surface area contributed by atoms with Crippen molar-refractivity contribution in [2.45, 2.75) is 20.8 Å². The van der Waals surface area contributed by atoms with Gasteiger partial charge in [0.1, 0.15) is 6.54 Å². The van der Waals surface area contributed by atoms with Crippen molar-refractivity contribution >= 4 is 28.9 Å². The van der Waals surface area contributed by atoms with E-state index in [2.05, 4.69) is 24.1 Å². The summed E-state index contributed by atoms with van der Waals surface area (Å²) in [6.45, 7) is 7.34. The van der Waals surface area contributed by atoms with Crippen molar-refractivity contribution in [3.05, 3.63) is 54.1 Å². The zero-order chi connectivity index (χ0) is 19.8. The van der Waals surface area contributed by atoms with E-state index in [4.69, 9.17) is 5.26 Å². The smallest absolute Gasteiger partial charge is 0.244 e. The van der Waals surface area contributed by atoms with E-state index in [-0.39, 0.29) is 18.4 Å². The van der Waals surface area contributed by atoms with Gasteiger partial charge in [-0.2, -0.15) is 5.26 Å². The molecule has 0 spiro atoms. The normalized spacial score (nSPS) is 10.0. The molecule has 0 aliphatic carbocycles. The van der Waals surface area contributed by atoms with Crippen LogP contribution < -0.4 is 15.1 Å². The van der Waals surface area contributed by atoms with E-state index in [1.54, 1.807) is 24.3 Å². The number of nitrogens with one attached hydrogen (secondary N) is 1. The molecule has 0 aliphatic heterocycles. The number of nitriles is 1. The fourth-order valence-corrected chi connectivity index (χ4v) is 2.79. The van der Waals surface area contributed by atoms with E-state index < -0.39 is 0 Å². The molecule has 2 aromatic rings. The summed E-state index contributed by atoms with van der Waals surface area (Å²) < 4.78 is 0. The Morgan fingerprint density at radius 1 is 0.963 bits per heavy atom. The fourth-order valence-electron chi connectivity index (χ4n) is 2.79. The number of carbonyl (C=O) groups excluding carboxylic acids is 2. The Balaban J connectivity index is 2.09. The fraction of sp³-hybridized carbons (Fsp3) is 0.286. The minimum absolute atomic E-state index is 0.0834. The van der Waals surface area contributed by atoms with E-state index >= 15 is 0 Å². The van der Waals surface area contributed by atoms with Gasteiger partial charge in [0.05, 0.1) is 11.6 Å². The first kappa shape index (κ1) is 20.0. The molecule has 0 saturated carbocycles. The topological polar surface area (TPSA) is 76.4 Å². The third-order valence-electron chi connectivity index (χ3n) is 4.27. The number of rotatable bonds is 7. The van der Waals surface area contributed by atoms with Crippen molar-refractivity contribution in [2.24, 2.45) is 0 Å². The van der Waals surface area contributed by atoms with Crippen LogP contribution in [0.1, 0.15) is 26.3 Å². The second-order valence-corrected chi connectivity index (χ2v) is 6.03. The Morgan fingerprint density at radius 2 is 1.52 bits per heavy atom. The van der Waals surface area contributed by atoms with Gasteiger partial charge in [0.2, 0.25) is 11.8 Å². The number of benzene rings is 2. The molecule has 2 aromatic carbocycles. The van der Waals surface area contributed by atoms with Gasteiger partial charge in [0.15, 0.2) is 0 Å². The van der Waals surface area contributed by atoms with Crippen molar-refractivity contribution in [1.82, 2.24) is 0 Å². The molecule has 2 amide bonds. The molecule has 2 rings (SSSR count). The maximum Gasteiger partial charge on any atom is 0.244 e. The van der Waals surface area contributed by atoms with Gasteiger partial charge < -0.3 is 15.1 Å². The zero-order valence-electron chi connectivity index (χ0n) is 15.9. The molecule has 0 atom stereocenters. The highest BCUT2D eigenvalue weighted by Gasteiger charge is 2.16. The van der Waals surface area contributed by atoms with E-state index in [1.165, 1.54) is 11.8 Å². The quantitative estimate of drug-likeness (QED) is 0.817. The van der Waals surface area contributed by atoms with Gasteiger partial charge in [-0.1, -0.05) is 0 Å². The predicted octanol–water partition coefficient (Wildman–Crippen LogP) is 3.40. The lowest BCUT2D eigenvalue weighted by Gasteiger charge is -2.24. The highest BCUT2D eigenvalue weighted by molar-refractivity contribution is 6.01. The standard InChI is InChI=1S/C21H24N4O2/c1-4-24(5-2)19-10-12-20(13-11-19)25(16(3)26)15-21(27)23-18-8-6-17(14-22)7-9-18/h6-13H,4-5,15H2,1-3H3,(H,23,27). The van der Waals surface area contributed by atoms with Crippen LogP contribution in [-0.2, 0) is 9.59 Å². The SMILES string of the molecule is CCN(CC)c1ccc(N(CC(=O)Nc2ccc(C#N)cc2)C(C)=O)cc1. The number of nitrogens with zero attached hydrogens (tertiary/aromatic N) is 3. The Labute approximate surface area is 160 Å². The molecule has 0 aliphatic rings. The molecule has 1 N–H and O–H groups in total. The zero-order valence-corrected chi connectivity index (χ0v) is 15.9. The van der Waals surface area contributed by atoms with Gasteiger partial charge in [-0.25, -0.2) is 0 Å². The first-order valence-electron chi connectivity index (χ1n) is 8.91. The predicted molar refractivity (Wildman–Crippen MR) is 108 cm³/mol. The van der Waals surface area contributed by atoms with Crippen molar-refractivity contribution in [3.8, 4) is 6.07 Å². The highest BCUT2D eigenvalue weighted by Crippen LogP contribution is 2.21. The lowest BCUT2D eigenvalue weighted by molar-refractivity contribution is -0.120. The lowest BCUT2D eigenvalue weighted by Crippen LogP contribution is -2.36. The average molecular weight is 364 g/mol. The van der Waals surface area contributed by atoms with Gasteiger partial charge in [-0.3, -0.25) is 9.59 Å². The Morgan fingerprint density at radius 3 is 2.00 bits per heavy atom. The number of hydrogen-bond acceptors (Lipinski definition) is 4. The maximum absolute atomic E-state index is 12.3. The van der Waals surface area contributed by atoms with Crippen LogP contribution in [0.25, 0.3) is 0 Å². The lowest BCUT2D eigenvalue weighted by atomic mass is 10.2. The molecule has 0 bridgehead atoms. The molecular formula is C21H24N4O2. The molecule has 0 unspecified atom stereocenters. The minimum Gasteiger partial charge on any atom is -0.372 e. The number of anilines is 3. The van der Waals surface area contributed by atoms with Crippen molar-refractivity contribution in [1.29, 1.82) is 5.26 Å². The summed E-state index contributed by atoms with van der Waals surface area (Å²) in [7, 11) is 0. The van der Waals surface area contributed by atoms with Crippen LogP contribution in [0.4, 0.5) is 17.1 Å². The van der Waals surface area contributed by atoms with Crippen LogP contribution in [0.15, 0.2) is 48.5 Å². The molecule has 140 valence electrons. The molecule has 0 fully saturated rings. The van der Waals surface area contributed by atoms with Crippen LogP contribution >= 0.6 is 0 Å². The summed E-state index contributed by atoms with van der Waals surface area (Å²) in [5, 5.41) is 11.6. The second-order valence-electron chi connectivity index (χ2n) is 6.03. The number of carbonyl (C=O) groups is 2. The summed E-state index contributed by atoms with van der Waals surface area (Å²) in [5.41, 5.74) is 2.86. The molecule has 0 saturated heterocycles. The Kier molecular flexibility index (Phi) is 6.95. The molecule has 0 aromatic heterocycles. The van der Waals surface area contributed by atoms with Gasteiger partial charge in [0.25, 0.3) is 0 Å². The average Bonchev–Trinajstić information content (AvgIpc) is 2.68. The third kappa shape index (κ3) is 5.32. The van der Waals surface area contributed by atoms with E-state index in [1.807, 2.05) is 30.3 Å². The van der Waals surface area contributed by atoms with Crippen LogP contribution in [0.2, 0.25) is 0 Å². The Bertz CT molecular complexity index is 819. The monoisotopic (exact) mass is 364 g/mol. The van der Waals surface area contributed by atoms with Crippen molar-refractivity contribution in [2.75, 3.05) is 34.8 Å². The van der Waals surface area contributed by atoms with Crippen LogP contribution in [0.3, 0.4) is 0 Å². The molecule has 6 heteroatoms. The summed E-state index contributed by atoms with van der Waals surface area (Å²) in [6, 6.07) is 16.2. The highest BCUT2D eigenvalue weighted by atomic mass is 16.2. The van der Waals surface area contributed by atoms with Gasteiger partial charge in [-0.05, 0) is 62.4 Å². The third-order valence-corrected chi connectivity index (χ3v) is 4.27. The molecule has 0 heterocycles. The first-order chi connectivity index (χ1) is 13.0.